The second kappa shape index (κ2) is 16.8. The summed E-state index contributed by atoms with van der Waals surface area (Å²) in [5.74, 6) is -1.15. The normalized spacial score (nSPS) is 13.8. The molecule has 3 heteroatoms. The van der Waals surface area contributed by atoms with Gasteiger partial charge in [-0.3, -0.25) is 0 Å². The topological polar surface area (TPSA) is 57.5 Å². The lowest BCUT2D eigenvalue weighted by atomic mass is 10.1. The molecule has 1 atom stereocenters. The van der Waals surface area contributed by atoms with Crippen LogP contribution in [0.3, 0.4) is 0 Å². The molecule has 0 aliphatic rings. The fourth-order valence-corrected chi connectivity index (χ4v) is 1.96. The summed E-state index contributed by atoms with van der Waals surface area (Å²) in [6.45, 7) is 2.23. The van der Waals surface area contributed by atoms with Crippen LogP contribution in [0.1, 0.15) is 64.7 Å². The molecule has 0 bridgehead atoms. The predicted octanol–water partition coefficient (Wildman–Crippen LogP) is 5.19. The van der Waals surface area contributed by atoms with E-state index in [9.17, 15) is 4.79 Å². The Hall–Kier alpha value is -1.61. The molecular weight excluding hydrogens is 288 g/mol. The Balaban J connectivity index is 3.51. The number of carboxylic acid groups (broad SMARTS) is 1. The van der Waals surface area contributed by atoms with Gasteiger partial charge < -0.3 is 10.2 Å². The number of rotatable bonds is 14. The lowest BCUT2D eigenvalue weighted by Gasteiger charge is -2.00. The van der Waals surface area contributed by atoms with Crippen molar-refractivity contribution in [3.8, 4) is 0 Å². The minimum Gasteiger partial charge on any atom is -0.479 e. The third-order valence-corrected chi connectivity index (χ3v) is 3.38. The van der Waals surface area contributed by atoms with Crippen LogP contribution >= 0.6 is 0 Å². The zero-order chi connectivity index (χ0) is 17.2. The number of carbonyl (C=O) groups is 1. The van der Waals surface area contributed by atoms with Crippen molar-refractivity contribution in [2.75, 3.05) is 0 Å². The predicted molar refractivity (Wildman–Crippen MR) is 97.4 cm³/mol. The zero-order valence-electron chi connectivity index (χ0n) is 14.4. The Morgan fingerprint density at radius 1 is 0.870 bits per heavy atom. The van der Waals surface area contributed by atoms with Gasteiger partial charge in [0.15, 0.2) is 6.10 Å². The van der Waals surface area contributed by atoms with Crippen molar-refractivity contribution in [3.63, 3.8) is 0 Å². The molecule has 0 fully saturated rings. The third kappa shape index (κ3) is 16.6. The van der Waals surface area contributed by atoms with Crippen LogP contribution in [0, 0.1) is 0 Å². The van der Waals surface area contributed by atoms with Gasteiger partial charge in [0.2, 0.25) is 0 Å². The summed E-state index contributed by atoms with van der Waals surface area (Å²) in [6, 6.07) is 0. The van der Waals surface area contributed by atoms with Gasteiger partial charge in [0.25, 0.3) is 0 Å². The SMILES string of the molecule is CCCCCC/C=C/C=C/C/C=C/C/C=C/CCC(O)C(=O)O. The van der Waals surface area contributed by atoms with Gasteiger partial charge in [-0.2, -0.15) is 0 Å². The molecule has 0 radical (unpaired) electrons. The van der Waals surface area contributed by atoms with Crippen molar-refractivity contribution in [1.29, 1.82) is 0 Å². The van der Waals surface area contributed by atoms with Gasteiger partial charge in [-0.25, -0.2) is 4.79 Å². The number of hydrogen-bond acceptors (Lipinski definition) is 2. The van der Waals surface area contributed by atoms with Crippen molar-refractivity contribution in [2.45, 2.75) is 70.8 Å². The fraction of sp³-hybridized carbons (Fsp3) is 0.550. The number of carboxylic acids is 1. The van der Waals surface area contributed by atoms with Gasteiger partial charge in [-0.05, 0) is 38.5 Å². The quantitative estimate of drug-likeness (QED) is 0.263. The third-order valence-electron chi connectivity index (χ3n) is 3.38. The highest BCUT2D eigenvalue weighted by atomic mass is 16.4. The molecule has 3 nitrogen and oxygen atoms in total. The summed E-state index contributed by atoms with van der Waals surface area (Å²) in [7, 11) is 0. The van der Waals surface area contributed by atoms with E-state index in [0.29, 0.717) is 6.42 Å². The Morgan fingerprint density at radius 3 is 2.22 bits per heavy atom. The van der Waals surface area contributed by atoms with Crippen LogP contribution in [0.15, 0.2) is 48.6 Å². The molecule has 0 amide bonds. The number of aliphatic carboxylic acids is 1. The standard InChI is InChI=1S/C20H32O3/c1-2-3-4-5-6-7-8-9-10-11-12-13-14-15-16-17-18-19(21)20(22)23/h7-10,12-13,15-16,19,21H,2-6,11,14,17-18H2,1H3,(H,22,23)/b8-7+,10-9+,13-12+,16-15+. The van der Waals surface area contributed by atoms with Crippen LogP contribution in [-0.4, -0.2) is 22.3 Å². The van der Waals surface area contributed by atoms with Gasteiger partial charge in [-0.1, -0.05) is 74.8 Å². The Kier molecular flexibility index (Phi) is 15.6. The van der Waals surface area contributed by atoms with Crippen molar-refractivity contribution in [2.24, 2.45) is 0 Å². The zero-order valence-corrected chi connectivity index (χ0v) is 14.4. The summed E-state index contributed by atoms with van der Waals surface area (Å²) in [5, 5.41) is 17.6. The average Bonchev–Trinajstić information content (AvgIpc) is 2.54. The highest BCUT2D eigenvalue weighted by Crippen LogP contribution is 2.03. The number of allylic oxidation sites excluding steroid dienone is 8. The minimum atomic E-state index is -1.25. The highest BCUT2D eigenvalue weighted by molar-refractivity contribution is 5.71. The van der Waals surface area contributed by atoms with E-state index in [-0.39, 0.29) is 6.42 Å². The van der Waals surface area contributed by atoms with E-state index < -0.39 is 12.1 Å². The van der Waals surface area contributed by atoms with Crippen LogP contribution < -0.4 is 0 Å². The molecule has 0 aliphatic heterocycles. The summed E-state index contributed by atoms with van der Waals surface area (Å²) >= 11 is 0. The molecule has 0 aromatic carbocycles. The molecule has 0 aliphatic carbocycles. The van der Waals surface area contributed by atoms with Crippen molar-refractivity contribution in [1.82, 2.24) is 0 Å². The second-order valence-electron chi connectivity index (χ2n) is 5.55. The highest BCUT2D eigenvalue weighted by Gasteiger charge is 2.10. The van der Waals surface area contributed by atoms with Crippen LogP contribution in [0.25, 0.3) is 0 Å². The average molecular weight is 320 g/mol. The van der Waals surface area contributed by atoms with Gasteiger partial charge in [-0.15, -0.1) is 0 Å². The van der Waals surface area contributed by atoms with Crippen LogP contribution in [0.4, 0.5) is 0 Å². The van der Waals surface area contributed by atoms with E-state index in [4.69, 9.17) is 10.2 Å². The maximum Gasteiger partial charge on any atom is 0.332 e. The van der Waals surface area contributed by atoms with E-state index in [0.717, 1.165) is 12.8 Å². The van der Waals surface area contributed by atoms with Crippen LogP contribution in [0.2, 0.25) is 0 Å². The van der Waals surface area contributed by atoms with Crippen LogP contribution in [0.5, 0.6) is 0 Å². The molecule has 0 spiro atoms. The van der Waals surface area contributed by atoms with E-state index in [2.05, 4.69) is 43.4 Å². The first-order valence-corrected chi connectivity index (χ1v) is 8.71. The first-order chi connectivity index (χ1) is 11.2. The number of unbranched alkanes of at least 4 members (excludes halogenated alkanes) is 4. The maximum atomic E-state index is 10.4. The van der Waals surface area contributed by atoms with Crippen molar-refractivity contribution in [3.05, 3.63) is 48.6 Å². The van der Waals surface area contributed by atoms with Gasteiger partial charge in [0.1, 0.15) is 0 Å². The molecule has 23 heavy (non-hydrogen) atoms. The molecule has 0 saturated carbocycles. The number of hydrogen-bond donors (Lipinski definition) is 2. The number of aliphatic hydroxyl groups excluding tert-OH is 1. The Morgan fingerprint density at radius 2 is 1.52 bits per heavy atom. The molecule has 0 heterocycles. The first kappa shape index (κ1) is 21.4. The summed E-state index contributed by atoms with van der Waals surface area (Å²) < 4.78 is 0. The largest absolute Gasteiger partial charge is 0.479 e. The van der Waals surface area contributed by atoms with Gasteiger partial charge in [0, 0.05) is 0 Å². The van der Waals surface area contributed by atoms with Gasteiger partial charge >= 0.3 is 5.97 Å². The molecular formula is C20H32O3. The molecule has 1 unspecified atom stereocenters. The molecule has 130 valence electrons. The fourth-order valence-electron chi connectivity index (χ4n) is 1.96. The Labute approximate surface area is 141 Å². The van der Waals surface area contributed by atoms with E-state index >= 15 is 0 Å². The summed E-state index contributed by atoms with van der Waals surface area (Å²) in [6.07, 6.45) is 24.4. The number of aliphatic hydroxyl groups is 1. The van der Waals surface area contributed by atoms with Gasteiger partial charge in [0.05, 0.1) is 0 Å². The van der Waals surface area contributed by atoms with E-state index in [1.54, 1.807) is 0 Å². The second-order valence-corrected chi connectivity index (χ2v) is 5.55. The van der Waals surface area contributed by atoms with E-state index in [1.807, 2.05) is 12.2 Å². The molecule has 0 aromatic rings. The summed E-state index contributed by atoms with van der Waals surface area (Å²) in [5.41, 5.74) is 0. The molecule has 0 saturated heterocycles. The summed E-state index contributed by atoms with van der Waals surface area (Å²) in [4.78, 5) is 10.4. The first-order valence-electron chi connectivity index (χ1n) is 8.71. The molecule has 0 aromatic heterocycles. The monoisotopic (exact) mass is 320 g/mol. The van der Waals surface area contributed by atoms with Crippen molar-refractivity contribution >= 4 is 5.97 Å². The lowest BCUT2D eigenvalue weighted by molar-refractivity contribution is -0.146. The smallest absolute Gasteiger partial charge is 0.332 e. The Bertz CT molecular complexity index is 392. The van der Waals surface area contributed by atoms with Crippen molar-refractivity contribution < 1.29 is 15.0 Å². The maximum absolute atomic E-state index is 10.4. The van der Waals surface area contributed by atoms with E-state index in [1.165, 1.54) is 32.1 Å². The lowest BCUT2D eigenvalue weighted by Crippen LogP contribution is -2.18. The molecule has 2 N–H and O–H groups in total. The van der Waals surface area contributed by atoms with Crippen LogP contribution in [-0.2, 0) is 4.79 Å². The molecule has 0 rings (SSSR count). The minimum absolute atomic E-state index is 0.267.